The molecule has 3 heteroatoms. The number of benzene rings is 2. The van der Waals surface area contributed by atoms with E-state index in [0.717, 1.165) is 23.5 Å². The second-order valence-corrected chi connectivity index (χ2v) is 6.60. The maximum absolute atomic E-state index is 6.06. The zero-order valence-corrected chi connectivity index (χ0v) is 13.6. The van der Waals surface area contributed by atoms with Crippen LogP contribution >= 0.6 is 11.6 Å². The van der Waals surface area contributed by atoms with Crippen LogP contribution in [0.25, 0.3) is 0 Å². The minimum absolute atomic E-state index is 0.138. The molecule has 0 aliphatic heterocycles. The molecule has 2 aromatic rings. The lowest BCUT2D eigenvalue weighted by Crippen LogP contribution is -2.10. The molecule has 0 atom stereocenters. The molecular formula is C18H22ClNO. The van der Waals surface area contributed by atoms with Gasteiger partial charge in [0, 0.05) is 5.02 Å². The van der Waals surface area contributed by atoms with E-state index in [1.54, 1.807) is 0 Å². The number of nitrogens with two attached hydrogens (primary N) is 1. The summed E-state index contributed by atoms with van der Waals surface area (Å²) in [5.74, 6) is 1.58. The third-order valence-electron chi connectivity index (χ3n) is 3.39. The van der Waals surface area contributed by atoms with Gasteiger partial charge in [0.05, 0.1) is 0 Å². The Morgan fingerprint density at radius 2 is 1.71 bits per heavy atom. The van der Waals surface area contributed by atoms with Crippen molar-refractivity contribution in [1.82, 2.24) is 0 Å². The summed E-state index contributed by atoms with van der Waals surface area (Å²) in [6, 6.07) is 13.9. The van der Waals surface area contributed by atoms with Crippen LogP contribution in [-0.2, 0) is 11.8 Å². The van der Waals surface area contributed by atoms with Gasteiger partial charge in [-0.1, -0.05) is 50.6 Å². The number of hydrogen-bond acceptors (Lipinski definition) is 2. The first kappa shape index (κ1) is 15.9. The molecule has 0 aliphatic carbocycles. The van der Waals surface area contributed by atoms with E-state index < -0.39 is 0 Å². The van der Waals surface area contributed by atoms with Crippen molar-refractivity contribution in [2.75, 3.05) is 6.54 Å². The fraction of sp³-hybridized carbons (Fsp3) is 0.333. The van der Waals surface area contributed by atoms with E-state index in [1.807, 2.05) is 30.3 Å². The molecule has 0 aromatic heterocycles. The average Bonchev–Trinajstić information content (AvgIpc) is 2.42. The van der Waals surface area contributed by atoms with Crippen LogP contribution in [0.1, 0.15) is 31.9 Å². The van der Waals surface area contributed by atoms with Crippen molar-refractivity contribution in [3.8, 4) is 11.5 Å². The number of halogens is 1. The van der Waals surface area contributed by atoms with E-state index in [-0.39, 0.29) is 5.41 Å². The van der Waals surface area contributed by atoms with Crippen LogP contribution in [0.3, 0.4) is 0 Å². The Morgan fingerprint density at radius 1 is 1.05 bits per heavy atom. The van der Waals surface area contributed by atoms with Crippen molar-refractivity contribution in [2.45, 2.75) is 32.6 Å². The molecule has 0 fully saturated rings. The van der Waals surface area contributed by atoms with Crippen molar-refractivity contribution in [1.29, 1.82) is 0 Å². The molecule has 2 rings (SSSR count). The Kier molecular flexibility index (Phi) is 4.92. The van der Waals surface area contributed by atoms with E-state index in [4.69, 9.17) is 22.1 Å². The largest absolute Gasteiger partial charge is 0.457 e. The molecule has 2 aromatic carbocycles. The molecule has 0 heterocycles. The van der Waals surface area contributed by atoms with Gasteiger partial charge in [-0.25, -0.2) is 0 Å². The van der Waals surface area contributed by atoms with Crippen LogP contribution < -0.4 is 10.5 Å². The van der Waals surface area contributed by atoms with Crippen molar-refractivity contribution in [2.24, 2.45) is 5.73 Å². The van der Waals surface area contributed by atoms with Crippen LogP contribution in [0.2, 0.25) is 5.02 Å². The smallest absolute Gasteiger partial charge is 0.132 e. The molecule has 112 valence electrons. The summed E-state index contributed by atoms with van der Waals surface area (Å²) in [6.45, 7) is 7.17. The molecule has 0 saturated heterocycles. The van der Waals surface area contributed by atoms with Crippen LogP contribution in [0, 0.1) is 0 Å². The number of ether oxygens (including phenoxy) is 1. The minimum Gasteiger partial charge on any atom is -0.457 e. The van der Waals surface area contributed by atoms with Crippen LogP contribution in [0.4, 0.5) is 0 Å². The van der Waals surface area contributed by atoms with E-state index in [9.17, 15) is 0 Å². The fourth-order valence-corrected chi connectivity index (χ4v) is 2.30. The average molecular weight is 304 g/mol. The second-order valence-electron chi connectivity index (χ2n) is 6.17. The van der Waals surface area contributed by atoms with E-state index in [0.29, 0.717) is 11.6 Å². The summed E-state index contributed by atoms with van der Waals surface area (Å²) in [5.41, 5.74) is 8.13. The molecule has 2 nitrogen and oxygen atoms in total. The van der Waals surface area contributed by atoms with Gasteiger partial charge in [0.1, 0.15) is 11.5 Å². The topological polar surface area (TPSA) is 35.2 Å². The Balaban J connectivity index is 2.23. The third-order valence-corrected chi connectivity index (χ3v) is 3.63. The lowest BCUT2D eigenvalue weighted by molar-refractivity contribution is 0.475. The first-order chi connectivity index (χ1) is 9.90. The molecule has 0 saturated carbocycles. The minimum atomic E-state index is 0.138. The monoisotopic (exact) mass is 303 g/mol. The molecule has 0 radical (unpaired) electrons. The Bertz CT molecular complexity index is 600. The number of hydrogen-bond donors (Lipinski definition) is 1. The van der Waals surface area contributed by atoms with Gasteiger partial charge in [0.25, 0.3) is 0 Å². The zero-order valence-electron chi connectivity index (χ0n) is 12.8. The molecule has 2 N–H and O–H groups in total. The van der Waals surface area contributed by atoms with Crippen molar-refractivity contribution < 1.29 is 4.74 Å². The van der Waals surface area contributed by atoms with Gasteiger partial charge in [-0.3, -0.25) is 0 Å². The lowest BCUT2D eigenvalue weighted by Gasteiger charge is -2.19. The fourth-order valence-electron chi connectivity index (χ4n) is 2.14. The van der Waals surface area contributed by atoms with E-state index in [1.165, 1.54) is 5.56 Å². The van der Waals surface area contributed by atoms with Crippen molar-refractivity contribution in [3.63, 3.8) is 0 Å². The summed E-state index contributed by atoms with van der Waals surface area (Å²) in [6.07, 6.45) is 0.770. The first-order valence-electron chi connectivity index (χ1n) is 7.17. The summed E-state index contributed by atoms with van der Waals surface area (Å²) < 4.78 is 5.97. The predicted octanol–water partition coefficient (Wildman–Crippen LogP) is 4.93. The molecule has 0 spiro atoms. The summed E-state index contributed by atoms with van der Waals surface area (Å²) in [4.78, 5) is 0. The van der Waals surface area contributed by atoms with E-state index in [2.05, 4.69) is 32.9 Å². The zero-order chi connectivity index (χ0) is 15.5. The molecular weight excluding hydrogens is 282 g/mol. The van der Waals surface area contributed by atoms with E-state index >= 15 is 0 Å². The second kappa shape index (κ2) is 6.50. The molecule has 0 amide bonds. The van der Waals surface area contributed by atoms with Gasteiger partial charge in [-0.15, -0.1) is 0 Å². The van der Waals surface area contributed by atoms with Crippen molar-refractivity contribution in [3.05, 3.63) is 58.6 Å². The molecule has 21 heavy (non-hydrogen) atoms. The lowest BCUT2D eigenvalue weighted by atomic mass is 9.87. The first-order valence-corrected chi connectivity index (χ1v) is 7.55. The highest BCUT2D eigenvalue weighted by Gasteiger charge is 2.13. The van der Waals surface area contributed by atoms with Crippen LogP contribution in [-0.4, -0.2) is 6.54 Å². The van der Waals surface area contributed by atoms with Gasteiger partial charge in [-0.2, -0.15) is 0 Å². The highest BCUT2D eigenvalue weighted by molar-refractivity contribution is 6.30. The van der Waals surface area contributed by atoms with Crippen molar-refractivity contribution >= 4 is 11.6 Å². The quantitative estimate of drug-likeness (QED) is 0.869. The van der Waals surface area contributed by atoms with Gasteiger partial charge < -0.3 is 10.5 Å². The van der Waals surface area contributed by atoms with Gasteiger partial charge >= 0.3 is 0 Å². The molecule has 0 aliphatic rings. The molecule has 0 unspecified atom stereocenters. The number of rotatable bonds is 4. The Hall–Kier alpha value is -1.51. The van der Waals surface area contributed by atoms with Gasteiger partial charge in [0.2, 0.25) is 0 Å². The SMILES string of the molecule is CC(C)(C)c1ccc(Oc2cc(Cl)ccc2CCN)cc1. The predicted molar refractivity (Wildman–Crippen MR) is 89.4 cm³/mol. The normalized spacial score (nSPS) is 11.5. The Morgan fingerprint density at radius 3 is 2.29 bits per heavy atom. The maximum Gasteiger partial charge on any atom is 0.132 e. The highest BCUT2D eigenvalue weighted by atomic mass is 35.5. The van der Waals surface area contributed by atoms with Crippen LogP contribution in [0.15, 0.2) is 42.5 Å². The summed E-state index contributed by atoms with van der Waals surface area (Å²) >= 11 is 6.06. The summed E-state index contributed by atoms with van der Waals surface area (Å²) in [5, 5.41) is 0.664. The summed E-state index contributed by atoms with van der Waals surface area (Å²) in [7, 11) is 0. The maximum atomic E-state index is 6.06. The Labute approximate surface area is 131 Å². The standard InChI is InChI=1S/C18H22ClNO/c1-18(2,3)14-5-8-16(9-6-14)21-17-12-15(19)7-4-13(17)10-11-20/h4-9,12H,10-11,20H2,1-3H3. The highest BCUT2D eigenvalue weighted by Crippen LogP contribution is 2.30. The third kappa shape index (κ3) is 4.23. The van der Waals surface area contributed by atoms with Crippen LogP contribution in [0.5, 0.6) is 11.5 Å². The van der Waals surface area contributed by atoms with Gasteiger partial charge in [0.15, 0.2) is 0 Å². The molecule has 0 bridgehead atoms. The van der Waals surface area contributed by atoms with Gasteiger partial charge in [-0.05, 0) is 53.8 Å².